The number of alkyl halides is 1. The maximum atomic E-state index is 14.1. The Hall–Kier alpha value is -1.14. The lowest BCUT2D eigenvalue weighted by atomic mass is 10.1. The summed E-state index contributed by atoms with van der Waals surface area (Å²) in [6, 6.07) is 5.27. The number of nitrogens with zero attached hydrogens (tertiary/aromatic N) is 3. The van der Waals surface area contributed by atoms with E-state index in [0.29, 0.717) is 5.33 Å². The Morgan fingerprint density at radius 2 is 1.95 bits per heavy atom. The smallest absolute Gasteiger partial charge is 0.185 e. The maximum Gasteiger partial charge on any atom is 0.185 e. The number of hydrogen-bond donors (Lipinski definition) is 0. The highest BCUT2D eigenvalue weighted by Crippen LogP contribution is 2.28. The van der Waals surface area contributed by atoms with E-state index in [2.05, 4.69) is 30.7 Å². The molecule has 6 heteroatoms. The molecule has 106 valence electrons. The van der Waals surface area contributed by atoms with Crippen molar-refractivity contribution in [1.82, 2.24) is 4.98 Å². The van der Waals surface area contributed by atoms with E-state index in [4.69, 9.17) is 0 Å². The van der Waals surface area contributed by atoms with E-state index in [9.17, 15) is 4.39 Å². The molecule has 0 saturated carbocycles. The van der Waals surface area contributed by atoms with Gasteiger partial charge in [0.15, 0.2) is 5.13 Å². The zero-order valence-electron chi connectivity index (χ0n) is 10.9. The quantitative estimate of drug-likeness (QED) is 0.785. The van der Waals surface area contributed by atoms with Crippen LogP contribution in [0.15, 0.2) is 29.8 Å². The average molecular weight is 356 g/mol. The maximum absolute atomic E-state index is 14.1. The summed E-state index contributed by atoms with van der Waals surface area (Å²) in [5.74, 6) is -0.135. The third-order valence-corrected chi connectivity index (χ3v) is 4.94. The van der Waals surface area contributed by atoms with Crippen molar-refractivity contribution < 1.29 is 4.39 Å². The molecular weight excluding hydrogens is 341 g/mol. The molecule has 20 heavy (non-hydrogen) atoms. The standard InChI is InChI=1S/C14H15BrFN3S/c15-10-11-2-1-3-12(16)13(11)18-5-7-19(8-6-18)14-17-4-9-20-14/h1-4,9H,5-8,10H2. The number of piperazine rings is 1. The van der Waals surface area contributed by atoms with Crippen LogP contribution >= 0.6 is 27.3 Å². The molecule has 0 bridgehead atoms. The molecule has 3 nitrogen and oxygen atoms in total. The molecule has 0 aliphatic carbocycles. The van der Waals surface area contributed by atoms with Crippen LogP contribution in [0.5, 0.6) is 0 Å². The molecule has 2 heterocycles. The molecule has 1 aliphatic rings. The molecule has 0 amide bonds. The fourth-order valence-electron chi connectivity index (χ4n) is 2.52. The van der Waals surface area contributed by atoms with E-state index in [-0.39, 0.29) is 5.82 Å². The van der Waals surface area contributed by atoms with Gasteiger partial charge in [-0.05, 0) is 11.6 Å². The van der Waals surface area contributed by atoms with Gasteiger partial charge in [0.05, 0.1) is 5.69 Å². The molecule has 3 rings (SSSR count). The molecule has 0 unspecified atom stereocenters. The average Bonchev–Trinajstić information content (AvgIpc) is 3.01. The van der Waals surface area contributed by atoms with Crippen LogP contribution in [0, 0.1) is 5.82 Å². The molecule has 1 aromatic carbocycles. The largest absolute Gasteiger partial charge is 0.365 e. The van der Waals surface area contributed by atoms with Crippen molar-refractivity contribution in [3.63, 3.8) is 0 Å². The highest BCUT2D eigenvalue weighted by Gasteiger charge is 2.22. The zero-order chi connectivity index (χ0) is 13.9. The van der Waals surface area contributed by atoms with E-state index in [0.717, 1.165) is 42.6 Å². The first-order valence-corrected chi connectivity index (χ1v) is 8.52. The summed E-state index contributed by atoms with van der Waals surface area (Å²) in [6.07, 6.45) is 1.83. The van der Waals surface area contributed by atoms with Crippen molar-refractivity contribution >= 4 is 38.1 Å². The molecule has 1 aromatic heterocycles. The number of halogens is 2. The van der Waals surface area contributed by atoms with Crippen LogP contribution in [0.4, 0.5) is 15.2 Å². The van der Waals surface area contributed by atoms with Crippen molar-refractivity contribution in [2.24, 2.45) is 0 Å². The molecule has 0 N–H and O–H groups in total. The van der Waals surface area contributed by atoms with Gasteiger partial charge in [-0.1, -0.05) is 28.1 Å². The van der Waals surface area contributed by atoms with E-state index >= 15 is 0 Å². The molecular formula is C14H15BrFN3S. The Labute approximate surface area is 130 Å². The van der Waals surface area contributed by atoms with Gasteiger partial charge in [0.25, 0.3) is 0 Å². The van der Waals surface area contributed by atoms with E-state index in [1.165, 1.54) is 6.07 Å². The first-order chi connectivity index (χ1) is 9.79. The van der Waals surface area contributed by atoms with Crippen LogP contribution in [-0.2, 0) is 5.33 Å². The lowest BCUT2D eigenvalue weighted by Gasteiger charge is -2.36. The van der Waals surface area contributed by atoms with Gasteiger partial charge >= 0.3 is 0 Å². The predicted molar refractivity (Wildman–Crippen MR) is 85.6 cm³/mol. The molecule has 1 saturated heterocycles. The van der Waals surface area contributed by atoms with E-state index < -0.39 is 0 Å². The summed E-state index contributed by atoms with van der Waals surface area (Å²) < 4.78 is 14.1. The summed E-state index contributed by atoms with van der Waals surface area (Å²) in [5, 5.41) is 3.72. The Morgan fingerprint density at radius 1 is 1.20 bits per heavy atom. The van der Waals surface area contributed by atoms with Crippen molar-refractivity contribution in [3.05, 3.63) is 41.2 Å². The number of rotatable bonds is 3. The lowest BCUT2D eigenvalue weighted by Crippen LogP contribution is -2.47. The highest BCUT2D eigenvalue weighted by atomic mass is 79.9. The third kappa shape index (κ3) is 2.67. The van der Waals surface area contributed by atoms with Gasteiger partial charge in [-0.3, -0.25) is 0 Å². The summed E-state index contributed by atoms with van der Waals surface area (Å²) in [5.41, 5.74) is 1.75. The minimum absolute atomic E-state index is 0.135. The third-order valence-electron chi connectivity index (χ3n) is 3.50. The molecule has 0 radical (unpaired) electrons. The minimum atomic E-state index is -0.135. The molecule has 1 aliphatic heterocycles. The van der Waals surface area contributed by atoms with Gasteiger partial charge in [-0.25, -0.2) is 9.37 Å². The fraction of sp³-hybridized carbons (Fsp3) is 0.357. The van der Waals surface area contributed by atoms with Gasteiger partial charge in [-0.15, -0.1) is 11.3 Å². The van der Waals surface area contributed by atoms with Crippen LogP contribution in [0.25, 0.3) is 0 Å². The topological polar surface area (TPSA) is 19.4 Å². The SMILES string of the molecule is Fc1cccc(CBr)c1N1CCN(c2nccs2)CC1. The van der Waals surface area contributed by atoms with Crippen LogP contribution in [-0.4, -0.2) is 31.2 Å². The normalized spacial score (nSPS) is 15.7. The number of hydrogen-bond acceptors (Lipinski definition) is 4. The Bertz CT molecular complexity index is 568. The van der Waals surface area contributed by atoms with Crippen LogP contribution < -0.4 is 9.80 Å². The summed E-state index contributed by atoms with van der Waals surface area (Å²) in [7, 11) is 0. The second-order valence-electron chi connectivity index (χ2n) is 4.67. The van der Waals surface area contributed by atoms with Crippen LogP contribution in [0.3, 0.4) is 0 Å². The number of thiazole rings is 1. The Balaban J connectivity index is 1.75. The summed E-state index contributed by atoms with van der Waals surface area (Å²) >= 11 is 5.09. The van der Waals surface area contributed by atoms with Gasteiger partial charge in [0.2, 0.25) is 0 Å². The number of benzene rings is 1. The number of para-hydroxylation sites is 1. The Kier molecular flexibility index (Phi) is 4.21. The monoisotopic (exact) mass is 355 g/mol. The molecule has 0 spiro atoms. The van der Waals surface area contributed by atoms with Crippen molar-refractivity contribution in [2.45, 2.75) is 5.33 Å². The lowest BCUT2D eigenvalue weighted by molar-refractivity contribution is 0.595. The van der Waals surface area contributed by atoms with Gasteiger partial charge in [-0.2, -0.15) is 0 Å². The Morgan fingerprint density at radius 3 is 2.60 bits per heavy atom. The van der Waals surface area contributed by atoms with Crippen LogP contribution in [0.1, 0.15) is 5.56 Å². The van der Waals surface area contributed by atoms with Crippen molar-refractivity contribution in [2.75, 3.05) is 36.0 Å². The number of anilines is 2. The minimum Gasteiger partial charge on any atom is -0.365 e. The predicted octanol–water partition coefficient (Wildman–Crippen LogP) is 3.50. The second kappa shape index (κ2) is 6.10. The van der Waals surface area contributed by atoms with Crippen molar-refractivity contribution in [3.8, 4) is 0 Å². The van der Waals surface area contributed by atoms with E-state index in [1.54, 1.807) is 17.4 Å². The zero-order valence-corrected chi connectivity index (χ0v) is 13.3. The molecule has 1 fully saturated rings. The van der Waals surface area contributed by atoms with E-state index in [1.807, 2.05) is 17.6 Å². The van der Waals surface area contributed by atoms with Gasteiger partial charge in [0, 0.05) is 43.1 Å². The first kappa shape index (κ1) is 13.8. The number of aromatic nitrogens is 1. The second-order valence-corrected chi connectivity index (χ2v) is 6.10. The highest BCUT2D eigenvalue weighted by molar-refractivity contribution is 9.08. The first-order valence-electron chi connectivity index (χ1n) is 6.52. The summed E-state index contributed by atoms with van der Waals surface area (Å²) in [4.78, 5) is 8.73. The van der Waals surface area contributed by atoms with Crippen molar-refractivity contribution in [1.29, 1.82) is 0 Å². The van der Waals surface area contributed by atoms with Gasteiger partial charge in [0.1, 0.15) is 5.82 Å². The summed E-state index contributed by atoms with van der Waals surface area (Å²) in [6.45, 7) is 3.40. The molecule has 0 atom stereocenters. The van der Waals surface area contributed by atoms with Gasteiger partial charge < -0.3 is 9.80 Å². The fourth-order valence-corrected chi connectivity index (χ4v) is 3.66. The molecule has 2 aromatic rings. The van der Waals surface area contributed by atoms with Crippen LogP contribution in [0.2, 0.25) is 0 Å².